The molecule has 1 aliphatic heterocycles. The van der Waals surface area contributed by atoms with E-state index in [0.717, 1.165) is 17.7 Å². The molecule has 2 aromatic rings. The third-order valence-corrected chi connectivity index (χ3v) is 5.41. The van der Waals surface area contributed by atoms with Crippen molar-refractivity contribution in [1.29, 1.82) is 0 Å². The minimum absolute atomic E-state index is 0.0158. The van der Waals surface area contributed by atoms with Gasteiger partial charge in [0.1, 0.15) is 12.1 Å². The molecule has 3 rings (SSSR count). The van der Waals surface area contributed by atoms with Crippen LogP contribution in [-0.2, 0) is 38.4 Å². The molecule has 1 atom stereocenters. The van der Waals surface area contributed by atoms with Crippen LogP contribution in [0.5, 0.6) is 0 Å². The first-order valence-corrected chi connectivity index (χ1v) is 11.2. The normalized spacial score (nSPS) is 16.6. The highest BCUT2D eigenvalue weighted by molar-refractivity contribution is 5.89. The van der Waals surface area contributed by atoms with Crippen molar-refractivity contribution >= 4 is 12.0 Å². The predicted molar refractivity (Wildman–Crippen MR) is 121 cm³/mol. The van der Waals surface area contributed by atoms with Crippen LogP contribution in [0.15, 0.2) is 54.6 Å². The van der Waals surface area contributed by atoms with Crippen molar-refractivity contribution in [2.75, 3.05) is 26.3 Å². The number of nitrogens with one attached hydrogen (secondary N) is 1. The van der Waals surface area contributed by atoms with Crippen LogP contribution >= 0.6 is 0 Å². The first-order chi connectivity index (χ1) is 16.5. The lowest BCUT2D eigenvalue weighted by molar-refractivity contribution is -0.147. The molecule has 0 saturated carbocycles. The number of alkyl halides is 3. The van der Waals surface area contributed by atoms with Gasteiger partial charge in [0, 0.05) is 13.1 Å². The minimum atomic E-state index is -4.42. The van der Waals surface area contributed by atoms with Crippen LogP contribution in [0.1, 0.15) is 30.5 Å². The number of benzene rings is 2. The van der Waals surface area contributed by atoms with Crippen molar-refractivity contribution in [2.24, 2.45) is 0 Å². The van der Waals surface area contributed by atoms with Crippen molar-refractivity contribution in [1.82, 2.24) is 10.2 Å². The van der Waals surface area contributed by atoms with Crippen molar-refractivity contribution in [3.05, 3.63) is 71.3 Å². The van der Waals surface area contributed by atoms with Gasteiger partial charge in [-0.2, -0.15) is 13.2 Å². The Morgan fingerprint density at radius 1 is 1.06 bits per heavy atom. The molecule has 10 heteroatoms. The van der Waals surface area contributed by atoms with Gasteiger partial charge >= 0.3 is 12.3 Å². The molecule has 7 nitrogen and oxygen atoms in total. The Labute approximate surface area is 202 Å². The topological polar surface area (TPSA) is 77.1 Å². The lowest BCUT2D eigenvalue weighted by atomic mass is 10.0. The average molecular weight is 495 g/mol. The molecular formula is C25H29F3N2O5. The monoisotopic (exact) mass is 494 g/mol. The summed E-state index contributed by atoms with van der Waals surface area (Å²) in [5.74, 6) is -0.305. The molecule has 0 aromatic heterocycles. The quantitative estimate of drug-likeness (QED) is 0.597. The highest BCUT2D eigenvalue weighted by Gasteiger charge is 2.36. The molecule has 190 valence electrons. The average Bonchev–Trinajstić information content (AvgIpc) is 2.82. The van der Waals surface area contributed by atoms with Crippen LogP contribution in [0.2, 0.25) is 0 Å². The molecule has 1 unspecified atom stereocenters. The molecule has 0 bridgehead atoms. The summed E-state index contributed by atoms with van der Waals surface area (Å²) in [5.41, 5.74) is -0.730. The lowest BCUT2D eigenvalue weighted by Gasteiger charge is -2.37. The Morgan fingerprint density at radius 2 is 1.77 bits per heavy atom. The molecular weight excluding hydrogens is 465 g/mol. The van der Waals surface area contributed by atoms with Gasteiger partial charge in [-0.05, 0) is 37.1 Å². The van der Waals surface area contributed by atoms with Gasteiger partial charge in [0.25, 0.3) is 0 Å². The number of carbonyl (C=O) groups excluding carboxylic acids is 2. The number of morpholine rings is 1. The first-order valence-electron chi connectivity index (χ1n) is 11.2. The van der Waals surface area contributed by atoms with Gasteiger partial charge in [-0.25, -0.2) is 4.79 Å². The third-order valence-electron chi connectivity index (χ3n) is 5.41. The van der Waals surface area contributed by atoms with Gasteiger partial charge < -0.3 is 24.4 Å². The zero-order valence-electron chi connectivity index (χ0n) is 19.6. The van der Waals surface area contributed by atoms with Crippen molar-refractivity contribution in [2.45, 2.75) is 44.9 Å². The minimum Gasteiger partial charge on any atom is -0.445 e. The van der Waals surface area contributed by atoms with Crippen LogP contribution in [0.3, 0.4) is 0 Å². The molecule has 35 heavy (non-hydrogen) atoms. The molecule has 0 aliphatic carbocycles. The summed E-state index contributed by atoms with van der Waals surface area (Å²) in [6.45, 7) is 4.20. The second-order valence-corrected chi connectivity index (χ2v) is 8.77. The number of halogens is 3. The van der Waals surface area contributed by atoms with E-state index in [4.69, 9.17) is 14.2 Å². The fraction of sp³-hybridized carbons (Fsp3) is 0.440. The van der Waals surface area contributed by atoms with E-state index in [-0.39, 0.29) is 38.9 Å². The number of alkyl carbamates (subject to hydrolysis) is 1. The lowest BCUT2D eigenvalue weighted by Crippen LogP contribution is -2.59. The maximum absolute atomic E-state index is 13.1. The maximum Gasteiger partial charge on any atom is 0.416 e. The van der Waals surface area contributed by atoms with E-state index in [1.807, 2.05) is 30.3 Å². The molecule has 1 fully saturated rings. The Hall–Kier alpha value is -3.11. The number of carbonyl (C=O) groups is 2. The van der Waals surface area contributed by atoms with Crippen LogP contribution < -0.4 is 5.32 Å². The summed E-state index contributed by atoms with van der Waals surface area (Å²) in [6, 6.07) is 14.1. The van der Waals surface area contributed by atoms with E-state index in [1.54, 1.807) is 24.8 Å². The smallest absolute Gasteiger partial charge is 0.416 e. The summed E-state index contributed by atoms with van der Waals surface area (Å²) < 4.78 is 55.0. The first kappa shape index (κ1) is 26.5. The maximum atomic E-state index is 13.1. The third kappa shape index (κ3) is 7.97. The molecule has 2 aromatic carbocycles. The highest BCUT2D eigenvalue weighted by atomic mass is 19.4. The van der Waals surface area contributed by atoms with E-state index in [9.17, 15) is 22.8 Å². The zero-order valence-corrected chi connectivity index (χ0v) is 19.6. The number of amides is 2. The summed E-state index contributed by atoms with van der Waals surface area (Å²) >= 11 is 0. The number of nitrogens with zero attached hydrogens (tertiary/aromatic N) is 1. The summed E-state index contributed by atoms with van der Waals surface area (Å²) in [7, 11) is 0. The SMILES string of the molecule is CC(C)(NC(=O)OCc1ccccc1)C(=O)N1CCOC(COCc2cccc(C(F)(F)F)c2)C1. The largest absolute Gasteiger partial charge is 0.445 e. The van der Waals surface area contributed by atoms with E-state index in [1.165, 1.54) is 6.07 Å². The van der Waals surface area contributed by atoms with Gasteiger partial charge in [-0.15, -0.1) is 0 Å². The molecule has 1 aliphatic rings. The second-order valence-electron chi connectivity index (χ2n) is 8.77. The van der Waals surface area contributed by atoms with Gasteiger partial charge in [-0.3, -0.25) is 4.79 Å². The Bertz CT molecular complexity index is 998. The van der Waals surface area contributed by atoms with Crippen molar-refractivity contribution in [3.63, 3.8) is 0 Å². The molecule has 0 spiro atoms. The van der Waals surface area contributed by atoms with Crippen LogP contribution in [0.4, 0.5) is 18.0 Å². The van der Waals surface area contributed by atoms with Crippen LogP contribution in [-0.4, -0.2) is 54.8 Å². The second kappa shape index (κ2) is 11.5. The molecule has 2 amide bonds. The number of hydrogen-bond donors (Lipinski definition) is 1. The van der Waals surface area contributed by atoms with Gasteiger partial charge in [0.2, 0.25) is 5.91 Å². The summed E-state index contributed by atoms with van der Waals surface area (Å²) in [5, 5.41) is 2.60. The fourth-order valence-corrected chi connectivity index (χ4v) is 3.61. The van der Waals surface area contributed by atoms with Crippen molar-refractivity contribution in [3.8, 4) is 0 Å². The van der Waals surface area contributed by atoms with E-state index >= 15 is 0 Å². The highest BCUT2D eigenvalue weighted by Crippen LogP contribution is 2.29. The fourth-order valence-electron chi connectivity index (χ4n) is 3.61. The molecule has 1 heterocycles. The Balaban J connectivity index is 1.46. The number of rotatable bonds is 8. The van der Waals surface area contributed by atoms with Crippen LogP contribution in [0.25, 0.3) is 0 Å². The van der Waals surface area contributed by atoms with E-state index < -0.39 is 29.5 Å². The standard InChI is InChI=1S/C25H29F3N2O5/c1-24(2,29-23(32)35-16-18-7-4-3-5-8-18)22(31)30-11-12-34-21(14-30)17-33-15-19-9-6-10-20(13-19)25(26,27)28/h3-10,13,21H,11-12,14-17H2,1-2H3,(H,29,32). The summed E-state index contributed by atoms with van der Waals surface area (Å²) in [4.78, 5) is 26.8. The number of ether oxygens (including phenoxy) is 3. The molecule has 1 saturated heterocycles. The van der Waals surface area contributed by atoms with Gasteiger partial charge in [0.05, 0.1) is 31.5 Å². The zero-order chi connectivity index (χ0) is 25.5. The molecule has 1 N–H and O–H groups in total. The Morgan fingerprint density at radius 3 is 2.49 bits per heavy atom. The Kier molecular flexibility index (Phi) is 8.74. The predicted octanol–water partition coefficient (Wildman–Crippen LogP) is 4.15. The van der Waals surface area contributed by atoms with Gasteiger partial charge in [0.15, 0.2) is 0 Å². The van der Waals surface area contributed by atoms with Gasteiger partial charge in [-0.1, -0.05) is 42.5 Å². The van der Waals surface area contributed by atoms with Crippen molar-refractivity contribution < 1.29 is 37.0 Å². The molecule has 0 radical (unpaired) electrons. The summed E-state index contributed by atoms with van der Waals surface area (Å²) in [6.07, 6.45) is -5.57. The van der Waals surface area contributed by atoms with E-state index in [0.29, 0.717) is 12.1 Å². The van der Waals surface area contributed by atoms with E-state index in [2.05, 4.69) is 5.32 Å². The van der Waals surface area contributed by atoms with Crippen LogP contribution in [0, 0.1) is 0 Å². The number of hydrogen-bond acceptors (Lipinski definition) is 5.